The second-order valence-corrected chi connectivity index (χ2v) is 5.05. The molecule has 0 aromatic heterocycles. The summed E-state index contributed by atoms with van der Waals surface area (Å²) in [6.45, 7) is 4.90. The van der Waals surface area contributed by atoms with Crippen molar-refractivity contribution in [1.29, 1.82) is 0 Å². The van der Waals surface area contributed by atoms with Gasteiger partial charge in [0.1, 0.15) is 0 Å². The predicted molar refractivity (Wildman–Crippen MR) is 66.2 cm³/mol. The van der Waals surface area contributed by atoms with E-state index in [0.717, 1.165) is 24.7 Å². The molecule has 0 aliphatic heterocycles. The van der Waals surface area contributed by atoms with Crippen LogP contribution in [0.4, 0.5) is 0 Å². The van der Waals surface area contributed by atoms with Crippen molar-refractivity contribution in [2.45, 2.75) is 65.2 Å². The zero-order chi connectivity index (χ0) is 11.8. The molecule has 0 atom stereocenters. The molecule has 94 valence electrons. The lowest BCUT2D eigenvalue weighted by molar-refractivity contribution is -0.144. The maximum absolute atomic E-state index is 11.3. The topological polar surface area (TPSA) is 26.3 Å². The molecule has 0 heterocycles. The van der Waals surface area contributed by atoms with E-state index in [1.165, 1.54) is 32.1 Å². The lowest BCUT2D eigenvalue weighted by Crippen LogP contribution is -2.15. The maximum atomic E-state index is 11.3. The Morgan fingerprint density at radius 3 is 2.31 bits per heavy atom. The first-order valence-corrected chi connectivity index (χ1v) is 6.91. The van der Waals surface area contributed by atoms with Crippen molar-refractivity contribution >= 4 is 5.97 Å². The summed E-state index contributed by atoms with van der Waals surface area (Å²) in [6, 6.07) is 0. The van der Waals surface area contributed by atoms with E-state index in [0.29, 0.717) is 13.0 Å². The molecule has 0 aromatic rings. The molecule has 0 saturated heterocycles. The van der Waals surface area contributed by atoms with Crippen molar-refractivity contribution < 1.29 is 9.53 Å². The smallest absolute Gasteiger partial charge is 0.305 e. The van der Waals surface area contributed by atoms with Gasteiger partial charge >= 0.3 is 5.97 Å². The highest BCUT2D eigenvalue weighted by molar-refractivity contribution is 5.69. The zero-order valence-electron chi connectivity index (χ0n) is 10.8. The summed E-state index contributed by atoms with van der Waals surface area (Å²) in [5.74, 6) is 1.72. The van der Waals surface area contributed by atoms with Crippen molar-refractivity contribution in [3.8, 4) is 0 Å². The van der Waals surface area contributed by atoms with E-state index in [-0.39, 0.29) is 5.97 Å². The fourth-order valence-corrected chi connectivity index (χ4v) is 2.54. The van der Waals surface area contributed by atoms with Gasteiger partial charge in [-0.15, -0.1) is 0 Å². The molecule has 1 aliphatic carbocycles. The standard InChI is InChI=1S/C14H26O2/c1-3-11-16-14(15)10-9-13-7-5-12(4-2)6-8-13/h12-13H,3-11H2,1-2H3. The molecule has 2 nitrogen and oxygen atoms in total. The molecule has 1 saturated carbocycles. The molecule has 0 aromatic carbocycles. The number of carbonyl (C=O) groups excluding carboxylic acids is 1. The van der Waals surface area contributed by atoms with E-state index < -0.39 is 0 Å². The third-order valence-electron chi connectivity index (χ3n) is 3.77. The highest BCUT2D eigenvalue weighted by Gasteiger charge is 2.20. The van der Waals surface area contributed by atoms with Gasteiger partial charge in [0.05, 0.1) is 6.61 Å². The predicted octanol–water partition coefficient (Wildman–Crippen LogP) is 3.94. The van der Waals surface area contributed by atoms with Crippen molar-refractivity contribution in [3.63, 3.8) is 0 Å². The Kier molecular flexibility index (Phi) is 6.51. The minimum Gasteiger partial charge on any atom is -0.466 e. The Labute approximate surface area is 99.8 Å². The molecule has 0 N–H and O–H groups in total. The molecule has 1 fully saturated rings. The SMILES string of the molecule is CCCOC(=O)CCC1CCC(CC)CC1. The van der Waals surface area contributed by atoms with Crippen LogP contribution in [-0.2, 0) is 9.53 Å². The Morgan fingerprint density at radius 1 is 1.12 bits per heavy atom. The fourth-order valence-electron chi connectivity index (χ4n) is 2.54. The lowest BCUT2D eigenvalue weighted by atomic mass is 9.79. The molecule has 1 aliphatic rings. The Balaban J connectivity index is 2.07. The fraction of sp³-hybridized carbons (Fsp3) is 0.929. The first kappa shape index (κ1) is 13.5. The van der Waals surface area contributed by atoms with E-state index in [9.17, 15) is 4.79 Å². The maximum Gasteiger partial charge on any atom is 0.305 e. The van der Waals surface area contributed by atoms with Gasteiger partial charge in [-0.2, -0.15) is 0 Å². The van der Waals surface area contributed by atoms with E-state index in [1.807, 2.05) is 6.92 Å². The van der Waals surface area contributed by atoms with Crippen LogP contribution in [0.25, 0.3) is 0 Å². The molecular formula is C14H26O2. The van der Waals surface area contributed by atoms with E-state index in [4.69, 9.17) is 4.74 Å². The summed E-state index contributed by atoms with van der Waals surface area (Å²) in [5.41, 5.74) is 0. The van der Waals surface area contributed by atoms with Crippen LogP contribution in [0.2, 0.25) is 0 Å². The molecule has 16 heavy (non-hydrogen) atoms. The summed E-state index contributed by atoms with van der Waals surface area (Å²) in [7, 11) is 0. The molecule has 2 heteroatoms. The number of rotatable bonds is 6. The first-order chi connectivity index (χ1) is 7.76. The molecule has 1 rings (SSSR count). The van der Waals surface area contributed by atoms with Crippen LogP contribution in [0.5, 0.6) is 0 Å². The van der Waals surface area contributed by atoms with Crippen LogP contribution in [-0.4, -0.2) is 12.6 Å². The van der Waals surface area contributed by atoms with Gasteiger partial charge in [0, 0.05) is 6.42 Å². The van der Waals surface area contributed by atoms with Crippen LogP contribution >= 0.6 is 0 Å². The molecule has 0 radical (unpaired) electrons. The average Bonchev–Trinajstić information content (AvgIpc) is 2.34. The normalized spacial score (nSPS) is 25.4. The van der Waals surface area contributed by atoms with Crippen molar-refractivity contribution in [3.05, 3.63) is 0 Å². The number of esters is 1. The van der Waals surface area contributed by atoms with E-state index in [1.54, 1.807) is 0 Å². The average molecular weight is 226 g/mol. The molecule has 0 unspecified atom stereocenters. The minimum absolute atomic E-state index is 0.000495. The second kappa shape index (κ2) is 7.70. The van der Waals surface area contributed by atoms with Gasteiger partial charge in [-0.1, -0.05) is 46.0 Å². The van der Waals surface area contributed by atoms with Crippen LogP contribution in [0.15, 0.2) is 0 Å². The van der Waals surface area contributed by atoms with Crippen molar-refractivity contribution in [1.82, 2.24) is 0 Å². The van der Waals surface area contributed by atoms with Crippen molar-refractivity contribution in [2.24, 2.45) is 11.8 Å². The third kappa shape index (κ3) is 5.00. The summed E-state index contributed by atoms with van der Waals surface area (Å²) in [6.07, 6.45) is 9.29. The summed E-state index contributed by atoms with van der Waals surface area (Å²) in [5, 5.41) is 0. The molecular weight excluding hydrogens is 200 g/mol. The Morgan fingerprint density at radius 2 is 1.75 bits per heavy atom. The van der Waals surface area contributed by atoms with Gasteiger partial charge in [-0.05, 0) is 24.7 Å². The van der Waals surface area contributed by atoms with Crippen LogP contribution < -0.4 is 0 Å². The Hall–Kier alpha value is -0.530. The molecule has 0 bridgehead atoms. The van der Waals surface area contributed by atoms with Crippen LogP contribution in [0, 0.1) is 11.8 Å². The van der Waals surface area contributed by atoms with Gasteiger partial charge in [0.2, 0.25) is 0 Å². The number of hydrogen-bond acceptors (Lipinski definition) is 2. The number of hydrogen-bond donors (Lipinski definition) is 0. The van der Waals surface area contributed by atoms with Gasteiger partial charge < -0.3 is 4.74 Å². The zero-order valence-corrected chi connectivity index (χ0v) is 10.8. The van der Waals surface area contributed by atoms with Gasteiger partial charge in [-0.25, -0.2) is 0 Å². The van der Waals surface area contributed by atoms with E-state index >= 15 is 0 Å². The number of ether oxygens (including phenoxy) is 1. The van der Waals surface area contributed by atoms with E-state index in [2.05, 4.69) is 6.92 Å². The van der Waals surface area contributed by atoms with Crippen LogP contribution in [0.3, 0.4) is 0 Å². The minimum atomic E-state index is -0.000495. The van der Waals surface area contributed by atoms with Gasteiger partial charge in [0.15, 0.2) is 0 Å². The summed E-state index contributed by atoms with van der Waals surface area (Å²) < 4.78 is 5.09. The number of carbonyl (C=O) groups is 1. The Bertz CT molecular complexity index is 193. The highest BCUT2D eigenvalue weighted by atomic mass is 16.5. The lowest BCUT2D eigenvalue weighted by Gasteiger charge is -2.27. The first-order valence-electron chi connectivity index (χ1n) is 6.91. The third-order valence-corrected chi connectivity index (χ3v) is 3.77. The largest absolute Gasteiger partial charge is 0.466 e. The van der Waals surface area contributed by atoms with Gasteiger partial charge in [-0.3, -0.25) is 4.79 Å². The summed E-state index contributed by atoms with van der Waals surface area (Å²) >= 11 is 0. The highest BCUT2D eigenvalue weighted by Crippen LogP contribution is 2.32. The second-order valence-electron chi connectivity index (χ2n) is 5.05. The van der Waals surface area contributed by atoms with Gasteiger partial charge in [0.25, 0.3) is 0 Å². The summed E-state index contributed by atoms with van der Waals surface area (Å²) in [4.78, 5) is 11.3. The van der Waals surface area contributed by atoms with Crippen LogP contribution in [0.1, 0.15) is 65.2 Å². The molecule has 0 spiro atoms. The molecule has 0 amide bonds. The quantitative estimate of drug-likeness (QED) is 0.641. The van der Waals surface area contributed by atoms with Crippen molar-refractivity contribution in [2.75, 3.05) is 6.61 Å². The monoisotopic (exact) mass is 226 g/mol.